The maximum Gasteiger partial charge on any atom is 0.334 e. The first-order valence-electron chi connectivity index (χ1n) is 37.5. The Morgan fingerprint density at radius 2 is 1.11 bits per heavy atom. The molecule has 0 aliphatic carbocycles. The Morgan fingerprint density at radius 1 is 0.646 bits per heavy atom. The number of rotatable bonds is 21. The highest BCUT2D eigenvalue weighted by Crippen LogP contribution is 2.57. The molecule has 0 saturated carbocycles. The zero-order valence-electron chi connectivity index (χ0n) is 66.0. The normalized spacial score (nSPS) is 27.2. The minimum Gasteiger partial charge on any atom is -0.414 e. The van der Waals surface area contributed by atoms with Gasteiger partial charge in [0.1, 0.15) is 46.7 Å². The van der Waals surface area contributed by atoms with E-state index < -0.39 is 83.3 Å². The van der Waals surface area contributed by atoms with Gasteiger partial charge in [-0.1, -0.05) is 113 Å². The Labute approximate surface area is 684 Å². The highest BCUT2D eigenvalue weighted by atomic mass is 35.5. The molecule has 0 radical (unpaired) electrons. The lowest BCUT2D eigenvalue weighted by molar-refractivity contribution is -0.118. The SMILES string of the molecule is CC(C)[Si]1(C(C)C)OC[C@H]2S[C@@H](n3cnc4c(Cl)nc(N)nc43)[C@H](C)[C@@H]2O[Si](C(C)C)(C(C)C)O1.C[C@@H]1[C@H](O)[C@@H](CO)S[C@H]1n1cnc2c(Cl)nc(N)nc21.Nc1nc2c(ncn2[C@@H]2S[C@H](CO)[C@@H](O)[C@H]2O)c(=O)[nH]1.[C-]#[N+]CCOP(O[C@H]1[C@@H](O)[C@H](n2cnc3c(=O)[nH]c(NC(=O)C(C)C)nc32)S[C@@H]1CC)N(C(C)C)C(C)C. The van der Waals surface area contributed by atoms with Gasteiger partial charge in [0.15, 0.2) is 43.9 Å². The average molecular weight is 1740 g/mol. The second-order valence-corrected chi connectivity index (χ2v) is 46.8. The quantitative estimate of drug-likeness (QED) is 0.0105. The molecule has 13 rings (SSSR count). The van der Waals surface area contributed by atoms with Crippen LogP contribution in [0.2, 0.25) is 32.5 Å². The number of anilines is 4. The summed E-state index contributed by atoms with van der Waals surface area (Å²) in [6.07, 6.45) is 2.73. The molecule has 1 amide bonds. The molecule has 8 aromatic rings. The van der Waals surface area contributed by atoms with E-state index in [1.54, 1.807) is 31.1 Å². The molecule has 45 heteroatoms. The average Bonchev–Trinajstić information content (AvgIpc) is 1.73. The fourth-order valence-corrected chi connectivity index (χ4v) is 34.6. The van der Waals surface area contributed by atoms with Gasteiger partial charge in [-0.2, -0.15) is 29.9 Å². The van der Waals surface area contributed by atoms with Crippen molar-refractivity contribution in [2.75, 3.05) is 55.5 Å². The number of aromatic amines is 2. The molecule has 17 atom stereocenters. The molecule has 0 aromatic carbocycles. The smallest absolute Gasteiger partial charge is 0.334 e. The molecule has 36 nitrogen and oxygen atoms in total. The molecule has 5 fully saturated rings. The standard InChI is InChI=1S/C24H38N7O5PS.C23H40ClN5O3SSi2.C11H14ClN5O2S.C10H13N5O4S/c1-9-16-19(36-37(35-11-10-25-8)31(14(4)5)15(6)7)18(32)23(38-16)30-12-26-17-20(30)27-24(29-22(17)34)28-21(33)13(2)3;1-12(2)34(13(3)4)30-10-17-19(31-35(32-34,14(5)6)15(7)8)16(9)22(33-17)29-11-26-18-20(24)27-23(25)28-21(18)29;1-4-7(19)5(2-18)20-10(4)17-3-14-6-8(12)15-11(13)16-9(6)17;11-10-13-7-4(8(19)14-10)12-2-15(7)9-6(18)5(17)3(1-16)20-9/h12-16,18-19,23,32H,9-11H2,1-7H3,(H2,27,28,29,33,34);11-17,19,22H,10H2,1-9H3,(H2,25,27,28);3-5,7,10,18-19H,2H2,1H3,(H2,13,15,16);2-3,5-6,9,16-18H,1H2,(H3,11,13,14,19)/t16-,18-,19-,23-,37?;16-,17-,19+,22-;4-,5-,7+,10-;3-,5-,6-,9-/m1111/s1. The summed E-state index contributed by atoms with van der Waals surface area (Å²) in [6, 6.07) is 0.258. The van der Waals surface area contributed by atoms with Crippen LogP contribution in [-0.4, -0.2) is 239 Å². The van der Waals surface area contributed by atoms with Crippen molar-refractivity contribution >= 4 is 170 Å². The minimum absolute atomic E-state index is 0.0000951. The van der Waals surface area contributed by atoms with Gasteiger partial charge < -0.3 is 83.8 Å². The fraction of sp³-hybridized carbons (Fsp3) is 0.676. The Hall–Kier alpha value is -5.48. The molecule has 8 aromatic heterocycles. The second kappa shape index (κ2) is 37.6. The van der Waals surface area contributed by atoms with Gasteiger partial charge in [0.05, 0.1) is 89.9 Å². The number of fused-ring (bicyclic) bond motifs is 5. The third-order valence-electron chi connectivity index (χ3n) is 20.5. The third-order valence-corrected chi connectivity index (χ3v) is 40.1. The number of carbonyl (C=O) groups excluding carboxylic acids is 1. The van der Waals surface area contributed by atoms with Gasteiger partial charge in [-0.3, -0.25) is 38.8 Å². The molecule has 0 bridgehead atoms. The van der Waals surface area contributed by atoms with E-state index in [0.717, 1.165) is 6.42 Å². The van der Waals surface area contributed by atoms with Crippen LogP contribution in [0.3, 0.4) is 0 Å². The number of nitrogens with two attached hydrogens (primary N) is 3. The van der Waals surface area contributed by atoms with Crippen molar-refractivity contribution in [3.63, 3.8) is 0 Å². The third kappa shape index (κ3) is 18.5. The van der Waals surface area contributed by atoms with Crippen molar-refractivity contribution in [3.05, 3.63) is 67.7 Å². The fourth-order valence-electron chi connectivity index (χ4n) is 14.7. The van der Waals surface area contributed by atoms with Crippen LogP contribution < -0.4 is 33.6 Å². The topological polar surface area (TPSA) is 497 Å². The highest BCUT2D eigenvalue weighted by Gasteiger charge is 2.61. The molecule has 622 valence electrons. The van der Waals surface area contributed by atoms with E-state index in [4.69, 9.17) is 74.1 Å². The predicted molar refractivity (Wildman–Crippen MR) is 447 cm³/mol. The van der Waals surface area contributed by atoms with Gasteiger partial charge in [0.25, 0.3) is 19.6 Å². The number of hydrogen-bond acceptors (Lipinski definition) is 32. The molecule has 13 heterocycles. The summed E-state index contributed by atoms with van der Waals surface area (Å²) in [5, 5.41) is 61.3. The molecule has 15 N–H and O–H groups in total. The molecule has 0 spiro atoms. The molecular formula is C68H105Cl2N22O14PS4Si2. The van der Waals surface area contributed by atoms with Gasteiger partial charge in [-0.15, -0.1) is 47.0 Å². The molecule has 1 unspecified atom stereocenters. The van der Waals surface area contributed by atoms with Crippen molar-refractivity contribution in [3.8, 4) is 0 Å². The Bertz CT molecular complexity index is 4750. The highest BCUT2D eigenvalue weighted by molar-refractivity contribution is 8.01. The molecular weight excluding hydrogens is 1640 g/mol. The van der Waals surface area contributed by atoms with E-state index in [0.29, 0.717) is 51.1 Å². The van der Waals surface area contributed by atoms with Crippen LogP contribution in [0.15, 0.2) is 34.9 Å². The van der Waals surface area contributed by atoms with Crippen LogP contribution in [-0.2, 0) is 26.8 Å². The first kappa shape index (κ1) is 89.9. The van der Waals surface area contributed by atoms with Crippen LogP contribution in [0, 0.1) is 24.3 Å². The Kier molecular flexibility index (Phi) is 29.9. The predicted octanol–water partition coefficient (Wildman–Crippen LogP) is 8.73. The van der Waals surface area contributed by atoms with E-state index in [1.807, 2.05) is 30.2 Å². The van der Waals surface area contributed by atoms with E-state index in [1.165, 1.54) is 52.5 Å². The Morgan fingerprint density at radius 3 is 1.58 bits per heavy atom. The van der Waals surface area contributed by atoms with Crippen LogP contribution in [0.5, 0.6) is 0 Å². The van der Waals surface area contributed by atoms with E-state index in [-0.39, 0.29) is 151 Å². The second-order valence-electron chi connectivity index (χ2n) is 30.4. The molecule has 5 saturated heterocycles. The largest absolute Gasteiger partial charge is 0.414 e. The van der Waals surface area contributed by atoms with Crippen molar-refractivity contribution in [1.29, 1.82) is 0 Å². The van der Waals surface area contributed by atoms with Crippen molar-refractivity contribution in [2.45, 2.75) is 237 Å². The minimum atomic E-state index is -2.66. The lowest BCUT2D eigenvalue weighted by Gasteiger charge is -2.51. The zero-order chi connectivity index (χ0) is 82.9. The lowest BCUT2D eigenvalue weighted by atomic mass is 10.0. The van der Waals surface area contributed by atoms with Gasteiger partial charge in [0, 0.05) is 35.1 Å². The van der Waals surface area contributed by atoms with Crippen LogP contribution >= 0.6 is 78.8 Å². The molecule has 5 aliphatic heterocycles. The summed E-state index contributed by atoms with van der Waals surface area (Å²) < 4.78 is 43.4. The van der Waals surface area contributed by atoms with Crippen molar-refractivity contribution in [2.24, 2.45) is 17.8 Å². The number of carbonyl (C=O) groups is 1. The maximum atomic E-state index is 12.7. The first-order chi connectivity index (χ1) is 53.4. The number of H-pyrrole nitrogens is 2. The van der Waals surface area contributed by atoms with Crippen LogP contribution in [0.1, 0.15) is 146 Å². The first-order valence-corrected chi connectivity index (χ1v) is 47.1. The maximum absolute atomic E-state index is 12.7. The van der Waals surface area contributed by atoms with Crippen molar-refractivity contribution in [1.82, 2.24) is 82.7 Å². The summed E-state index contributed by atoms with van der Waals surface area (Å²) in [5.41, 5.74) is 20.3. The number of aliphatic hydroxyl groups excluding tert-OH is 6. The van der Waals surface area contributed by atoms with E-state index in [2.05, 4.69) is 169 Å². The summed E-state index contributed by atoms with van der Waals surface area (Å²) in [7, 11) is -6.77. The van der Waals surface area contributed by atoms with Gasteiger partial charge >= 0.3 is 17.1 Å². The number of thioether (sulfide) groups is 4. The Balaban J connectivity index is 0.000000166. The van der Waals surface area contributed by atoms with Gasteiger partial charge in [0.2, 0.25) is 36.2 Å². The number of hydrogen-bond donors (Lipinski definition) is 12. The summed E-state index contributed by atoms with van der Waals surface area (Å²) in [4.78, 5) is 86.7. The number of nitrogens with one attached hydrogen (secondary N) is 3. The number of nitrogen functional groups attached to an aromatic ring is 3. The van der Waals surface area contributed by atoms with E-state index >= 15 is 0 Å². The number of halogens is 2. The number of nitrogens with zero attached hydrogens (tertiary/aromatic N) is 16. The van der Waals surface area contributed by atoms with E-state index in [9.17, 15) is 39.9 Å². The zero-order valence-corrected chi connectivity index (χ0v) is 73.7. The van der Waals surface area contributed by atoms with Crippen LogP contribution in [0.4, 0.5) is 23.8 Å². The lowest BCUT2D eigenvalue weighted by Crippen LogP contribution is -2.65. The number of amides is 1. The summed E-state index contributed by atoms with van der Waals surface area (Å²) in [5.74, 6) is -0.235. The summed E-state index contributed by atoms with van der Waals surface area (Å²) >= 11 is 18.4. The van der Waals surface area contributed by atoms with Gasteiger partial charge in [-0.25, -0.2) is 31.2 Å². The number of aromatic nitrogens is 16. The molecule has 5 aliphatic rings. The summed E-state index contributed by atoms with van der Waals surface area (Å²) in [6.45, 7) is 43.8. The number of aliphatic hydroxyl groups is 6. The van der Waals surface area contributed by atoms with Crippen LogP contribution in [0.25, 0.3) is 49.5 Å². The van der Waals surface area contributed by atoms with Gasteiger partial charge in [-0.05, 0) is 56.3 Å². The van der Waals surface area contributed by atoms with Crippen molar-refractivity contribution < 1.29 is 57.4 Å². The molecule has 113 heavy (non-hydrogen) atoms. The monoisotopic (exact) mass is 1740 g/mol. The number of imidazole rings is 4.